The molecule has 0 aliphatic carbocycles. The minimum atomic E-state index is -0.378. The Morgan fingerprint density at radius 2 is 1.74 bits per heavy atom. The highest BCUT2D eigenvalue weighted by Gasteiger charge is 2.32. The van der Waals surface area contributed by atoms with Crippen molar-refractivity contribution >= 4 is 51.5 Å². The van der Waals surface area contributed by atoms with Gasteiger partial charge in [-0.05, 0) is 86.6 Å². The molecule has 0 N–H and O–H groups in total. The molecule has 39 heavy (non-hydrogen) atoms. The van der Waals surface area contributed by atoms with Gasteiger partial charge in [0.2, 0.25) is 0 Å². The van der Waals surface area contributed by atoms with Gasteiger partial charge in [0.25, 0.3) is 5.91 Å². The zero-order chi connectivity index (χ0) is 27.5. The number of halogens is 1. The van der Waals surface area contributed by atoms with Crippen LogP contribution in [0.4, 0.5) is 10.1 Å². The van der Waals surface area contributed by atoms with E-state index in [1.165, 1.54) is 23.9 Å². The summed E-state index contributed by atoms with van der Waals surface area (Å²) >= 11 is 1.34. The number of likely N-dealkylation sites (N-methyl/N-ethyl adjacent to an activating group) is 1. The van der Waals surface area contributed by atoms with Crippen molar-refractivity contribution < 1.29 is 18.7 Å². The smallest absolute Gasteiger partial charge is 0.338 e. The second-order valence-electron chi connectivity index (χ2n) is 9.05. The molecule has 0 unspecified atom stereocenters. The number of aromatic nitrogens is 1. The van der Waals surface area contributed by atoms with E-state index in [0.717, 1.165) is 27.7 Å². The maximum atomic E-state index is 13.5. The van der Waals surface area contributed by atoms with E-state index in [4.69, 9.17) is 9.73 Å². The van der Waals surface area contributed by atoms with Crippen molar-refractivity contribution in [3.8, 4) is 0 Å². The lowest BCUT2D eigenvalue weighted by Crippen LogP contribution is -2.28. The van der Waals surface area contributed by atoms with Gasteiger partial charge < -0.3 is 9.30 Å². The van der Waals surface area contributed by atoms with Crippen molar-refractivity contribution in [2.75, 3.05) is 13.2 Å². The molecule has 0 saturated carbocycles. The second-order valence-corrected chi connectivity index (χ2v) is 10.1. The number of ether oxygens (including phenoxy) is 1. The molecule has 1 fully saturated rings. The maximum Gasteiger partial charge on any atom is 0.338 e. The first-order valence-electron chi connectivity index (χ1n) is 12.8. The molecule has 1 saturated heterocycles. The monoisotopic (exact) mass is 541 g/mol. The third-order valence-corrected chi connectivity index (χ3v) is 7.62. The number of benzene rings is 3. The molecule has 1 aliphatic rings. The highest BCUT2D eigenvalue weighted by molar-refractivity contribution is 8.18. The van der Waals surface area contributed by atoms with Gasteiger partial charge in [-0.1, -0.05) is 30.3 Å². The van der Waals surface area contributed by atoms with Crippen LogP contribution in [0.1, 0.15) is 41.0 Å². The molecule has 4 aromatic rings. The van der Waals surface area contributed by atoms with Crippen LogP contribution >= 0.6 is 11.8 Å². The molecule has 0 spiro atoms. The number of nitrogens with zero attached hydrogens (tertiary/aromatic N) is 3. The van der Waals surface area contributed by atoms with Gasteiger partial charge >= 0.3 is 5.97 Å². The summed E-state index contributed by atoms with van der Waals surface area (Å²) in [4.78, 5) is 32.3. The van der Waals surface area contributed by atoms with Crippen LogP contribution in [0, 0.1) is 12.7 Å². The van der Waals surface area contributed by atoms with E-state index >= 15 is 0 Å². The van der Waals surface area contributed by atoms with E-state index in [0.29, 0.717) is 41.0 Å². The molecule has 0 atom stereocenters. The van der Waals surface area contributed by atoms with Gasteiger partial charge in [-0.15, -0.1) is 0 Å². The Hall–Kier alpha value is -4.17. The number of para-hydroxylation sites is 1. The van der Waals surface area contributed by atoms with Crippen LogP contribution in [0.5, 0.6) is 0 Å². The molecule has 5 rings (SSSR count). The van der Waals surface area contributed by atoms with Crippen LogP contribution in [0.25, 0.3) is 17.0 Å². The minimum Gasteiger partial charge on any atom is -0.462 e. The zero-order valence-electron chi connectivity index (χ0n) is 22.0. The first kappa shape index (κ1) is 26.4. The van der Waals surface area contributed by atoms with Gasteiger partial charge in [-0.2, -0.15) is 0 Å². The lowest BCUT2D eigenvalue weighted by Gasteiger charge is -2.12. The van der Waals surface area contributed by atoms with Gasteiger partial charge in [0.15, 0.2) is 5.17 Å². The number of amides is 1. The average Bonchev–Trinajstić information content (AvgIpc) is 3.38. The highest BCUT2D eigenvalue weighted by atomic mass is 32.2. The summed E-state index contributed by atoms with van der Waals surface area (Å²) < 4.78 is 20.7. The topological polar surface area (TPSA) is 63.9 Å². The van der Waals surface area contributed by atoms with Crippen LogP contribution in [0.3, 0.4) is 0 Å². The highest BCUT2D eigenvalue weighted by Crippen LogP contribution is 2.37. The van der Waals surface area contributed by atoms with Crippen molar-refractivity contribution in [2.45, 2.75) is 27.3 Å². The number of esters is 1. The van der Waals surface area contributed by atoms with Gasteiger partial charge in [0.1, 0.15) is 5.82 Å². The molecule has 2 heterocycles. The molecule has 3 aromatic carbocycles. The van der Waals surface area contributed by atoms with Gasteiger partial charge in [-0.3, -0.25) is 9.69 Å². The fraction of sp³-hybridized carbons (Fsp3) is 0.194. The standard InChI is InChI=1S/C31H28FN3O3S/c1-4-34-29(36)28(39-31(34)33-24-16-12-22(13-17-24)30(37)38-5-2)18-26-20(3)35(27-9-7-6-8-25(26)27)19-21-10-14-23(32)15-11-21/h6-18H,4-5,19H2,1-3H3/b28-18+,33-31?. The zero-order valence-corrected chi connectivity index (χ0v) is 22.8. The molecule has 198 valence electrons. The summed E-state index contributed by atoms with van der Waals surface area (Å²) in [5, 5.41) is 1.63. The summed E-state index contributed by atoms with van der Waals surface area (Å²) in [7, 11) is 0. The lowest BCUT2D eigenvalue weighted by atomic mass is 10.1. The second kappa shape index (κ2) is 11.3. The van der Waals surface area contributed by atoms with Gasteiger partial charge in [0, 0.05) is 35.2 Å². The molecular weight excluding hydrogens is 513 g/mol. The largest absolute Gasteiger partial charge is 0.462 e. The number of carbonyl (C=O) groups is 2. The lowest BCUT2D eigenvalue weighted by molar-refractivity contribution is -0.122. The number of carbonyl (C=O) groups excluding carboxylic acids is 2. The number of fused-ring (bicyclic) bond motifs is 1. The Morgan fingerprint density at radius 1 is 1.03 bits per heavy atom. The molecule has 1 amide bonds. The predicted octanol–water partition coefficient (Wildman–Crippen LogP) is 6.94. The molecule has 8 heteroatoms. The summed E-state index contributed by atoms with van der Waals surface area (Å²) in [5.41, 5.74) is 5.13. The van der Waals surface area contributed by atoms with E-state index in [2.05, 4.69) is 16.7 Å². The number of rotatable bonds is 7. The summed E-state index contributed by atoms with van der Waals surface area (Å²) in [6.07, 6.45) is 1.95. The molecule has 0 radical (unpaired) electrons. The fourth-order valence-electron chi connectivity index (χ4n) is 4.61. The van der Waals surface area contributed by atoms with Crippen molar-refractivity contribution in [1.29, 1.82) is 0 Å². The Kier molecular flexibility index (Phi) is 7.65. The Labute approximate surface area is 230 Å². The van der Waals surface area contributed by atoms with E-state index in [1.54, 1.807) is 48.2 Å². The molecule has 1 aromatic heterocycles. The van der Waals surface area contributed by atoms with Crippen LogP contribution in [-0.4, -0.2) is 39.7 Å². The van der Waals surface area contributed by atoms with Crippen molar-refractivity contribution in [1.82, 2.24) is 9.47 Å². The van der Waals surface area contributed by atoms with E-state index in [-0.39, 0.29) is 17.7 Å². The van der Waals surface area contributed by atoms with E-state index < -0.39 is 0 Å². The average molecular weight is 542 g/mol. The van der Waals surface area contributed by atoms with Crippen LogP contribution in [0.2, 0.25) is 0 Å². The predicted molar refractivity (Wildman–Crippen MR) is 155 cm³/mol. The normalized spacial score (nSPS) is 15.6. The van der Waals surface area contributed by atoms with Crippen LogP contribution in [0.15, 0.2) is 82.7 Å². The number of hydrogen-bond acceptors (Lipinski definition) is 5. The third-order valence-electron chi connectivity index (χ3n) is 6.62. The summed E-state index contributed by atoms with van der Waals surface area (Å²) in [6, 6.07) is 21.4. The molecule has 0 bridgehead atoms. The van der Waals surface area contributed by atoms with Crippen molar-refractivity contribution in [2.24, 2.45) is 4.99 Å². The van der Waals surface area contributed by atoms with Gasteiger partial charge in [0.05, 0.1) is 22.8 Å². The molecule has 6 nitrogen and oxygen atoms in total. The van der Waals surface area contributed by atoms with Crippen molar-refractivity contribution in [3.63, 3.8) is 0 Å². The first-order chi connectivity index (χ1) is 18.9. The summed E-state index contributed by atoms with van der Waals surface area (Å²) in [6.45, 7) is 7.10. The summed E-state index contributed by atoms with van der Waals surface area (Å²) in [5.74, 6) is -0.737. The number of amidine groups is 1. The molecular formula is C31H28FN3O3S. The Balaban J connectivity index is 1.48. The van der Waals surface area contributed by atoms with E-state index in [9.17, 15) is 14.0 Å². The maximum absolute atomic E-state index is 13.5. The van der Waals surface area contributed by atoms with Crippen LogP contribution < -0.4 is 0 Å². The molecule has 1 aliphatic heterocycles. The van der Waals surface area contributed by atoms with Crippen molar-refractivity contribution in [3.05, 3.63) is 106 Å². The van der Waals surface area contributed by atoms with Crippen LogP contribution in [-0.2, 0) is 16.1 Å². The third kappa shape index (κ3) is 5.38. The van der Waals surface area contributed by atoms with E-state index in [1.807, 2.05) is 32.1 Å². The number of thioether (sulfide) groups is 1. The SMILES string of the molecule is CCOC(=O)c1ccc(N=C2S/C(=C/c3c(C)n(Cc4ccc(F)cc4)c4ccccc34)C(=O)N2CC)cc1. The number of aliphatic imine (C=N–C) groups is 1. The first-order valence-corrected chi connectivity index (χ1v) is 13.6. The Bertz CT molecular complexity index is 1600. The Morgan fingerprint density at radius 3 is 2.44 bits per heavy atom. The van der Waals surface area contributed by atoms with Gasteiger partial charge in [-0.25, -0.2) is 14.2 Å². The fourth-order valence-corrected chi connectivity index (χ4v) is 5.66. The quantitative estimate of drug-likeness (QED) is 0.188. The number of hydrogen-bond donors (Lipinski definition) is 0. The minimum absolute atomic E-state index is 0.0980.